The minimum atomic E-state index is 1.01. The van der Waals surface area contributed by atoms with Crippen LogP contribution in [0.5, 0.6) is 0 Å². The highest BCUT2D eigenvalue weighted by Gasteiger charge is 2.20. The van der Waals surface area contributed by atoms with Crippen molar-refractivity contribution in [3.05, 3.63) is 12.2 Å². The van der Waals surface area contributed by atoms with E-state index in [1.165, 1.54) is 129 Å². The van der Waals surface area contributed by atoms with E-state index < -0.39 is 0 Å². The summed E-state index contributed by atoms with van der Waals surface area (Å²) in [5.41, 5.74) is 0. The lowest BCUT2D eigenvalue weighted by molar-refractivity contribution is 0.335. The van der Waals surface area contributed by atoms with E-state index in [9.17, 15) is 0 Å². The van der Waals surface area contributed by atoms with Crippen LogP contribution in [-0.4, -0.2) is 24.5 Å². The Morgan fingerprint density at radius 1 is 0.692 bits per heavy atom. The molecule has 1 fully saturated rings. The lowest BCUT2D eigenvalue weighted by Crippen LogP contribution is -2.19. The molecule has 0 aromatic carbocycles. The molecule has 0 N–H and O–H groups in total. The molecular weight excluding hydrogens is 314 g/mol. The Morgan fingerprint density at radius 2 is 1.23 bits per heavy atom. The summed E-state index contributed by atoms with van der Waals surface area (Å²) >= 11 is 0. The van der Waals surface area contributed by atoms with Crippen molar-refractivity contribution in [2.75, 3.05) is 19.6 Å². The minimum absolute atomic E-state index is 1.01. The summed E-state index contributed by atoms with van der Waals surface area (Å²) < 4.78 is 0. The van der Waals surface area contributed by atoms with Gasteiger partial charge in [-0.05, 0) is 57.5 Å². The van der Waals surface area contributed by atoms with Crippen LogP contribution < -0.4 is 0 Å². The third kappa shape index (κ3) is 13.8. The fourth-order valence-electron chi connectivity index (χ4n) is 4.29. The van der Waals surface area contributed by atoms with Gasteiger partial charge >= 0.3 is 0 Å². The molecule has 1 rings (SSSR count). The highest BCUT2D eigenvalue weighted by Crippen LogP contribution is 2.22. The third-order valence-corrected chi connectivity index (χ3v) is 6.19. The zero-order valence-electron chi connectivity index (χ0n) is 18.3. The molecule has 0 aromatic rings. The molecule has 1 heteroatoms. The van der Waals surface area contributed by atoms with Crippen molar-refractivity contribution in [3.63, 3.8) is 0 Å². The fourth-order valence-corrected chi connectivity index (χ4v) is 4.29. The molecule has 0 spiro atoms. The zero-order valence-corrected chi connectivity index (χ0v) is 18.3. The predicted octanol–water partition coefficient (Wildman–Crippen LogP) is 8.15. The van der Waals surface area contributed by atoms with E-state index in [2.05, 4.69) is 30.9 Å². The van der Waals surface area contributed by atoms with Gasteiger partial charge in [-0.15, -0.1) is 0 Å². The van der Waals surface area contributed by atoms with Crippen molar-refractivity contribution in [2.24, 2.45) is 5.92 Å². The normalized spacial score (nSPS) is 18.3. The number of allylic oxidation sites excluding steroid dienone is 2. The van der Waals surface area contributed by atoms with E-state index >= 15 is 0 Å². The van der Waals surface area contributed by atoms with Gasteiger partial charge in [0, 0.05) is 6.54 Å². The van der Waals surface area contributed by atoms with Crippen LogP contribution in [-0.2, 0) is 0 Å². The minimum Gasteiger partial charge on any atom is -0.303 e. The predicted molar refractivity (Wildman–Crippen MR) is 119 cm³/mol. The number of rotatable bonds is 18. The molecule has 154 valence electrons. The van der Waals surface area contributed by atoms with Crippen LogP contribution in [0.1, 0.15) is 123 Å². The van der Waals surface area contributed by atoms with E-state index in [0.717, 1.165) is 5.92 Å². The molecule has 0 aromatic heterocycles. The lowest BCUT2D eigenvalue weighted by Gasteiger charge is -2.12. The molecule has 0 saturated carbocycles. The Kier molecular flexibility index (Phi) is 16.5. The molecular formula is C25H49N. The van der Waals surface area contributed by atoms with Crippen molar-refractivity contribution in [2.45, 2.75) is 123 Å². The Morgan fingerprint density at radius 3 is 1.77 bits per heavy atom. The summed E-state index contributed by atoms with van der Waals surface area (Å²) in [6, 6.07) is 0. The van der Waals surface area contributed by atoms with Gasteiger partial charge in [-0.2, -0.15) is 0 Å². The molecule has 1 aliphatic heterocycles. The van der Waals surface area contributed by atoms with Crippen LogP contribution in [0.25, 0.3) is 0 Å². The number of likely N-dealkylation sites (tertiary alicyclic amines) is 1. The largest absolute Gasteiger partial charge is 0.303 e. The Bertz CT molecular complexity index is 309. The van der Waals surface area contributed by atoms with Crippen LogP contribution in [0.2, 0.25) is 0 Å². The van der Waals surface area contributed by atoms with E-state index in [4.69, 9.17) is 0 Å². The van der Waals surface area contributed by atoms with Gasteiger partial charge in [0.2, 0.25) is 0 Å². The van der Waals surface area contributed by atoms with Crippen LogP contribution in [0, 0.1) is 5.92 Å². The average molecular weight is 364 g/mol. The first-order chi connectivity index (χ1) is 12.9. The molecule has 1 atom stereocenters. The highest BCUT2D eigenvalue weighted by atomic mass is 15.1. The van der Waals surface area contributed by atoms with Gasteiger partial charge in [0.1, 0.15) is 0 Å². The van der Waals surface area contributed by atoms with Gasteiger partial charge in [-0.1, -0.05) is 96.6 Å². The molecule has 1 nitrogen and oxygen atoms in total. The van der Waals surface area contributed by atoms with Gasteiger partial charge < -0.3 is 4.90 Å². The summed E-state index contributed by atoms with van der Waals surface area (Å²) in [5.74, 6) is 1.01. The van der Waals surface area contributed by atoms with E-state index in [-0.39, 0.29) is 0 Å². The van der Waals surface area contributed by atoms with Crippen molar-refractivity contribution in [1.82, 2.24) is 4.90 Å². The smallest absolute Gasteiger partial charge is 0.00100 e. The van der Waals surface area contributed by atoms with Crippen LogP contribution in [0.4, 0.5) is 0 Å². The van der Waals surface area contributed by atoms with E-state index in [1.54, 1.807) is 0 Å². The summed E-state index contributed by atoms with van der Waals surface area (Å²) in [6.45, 7) is 8.58. The summed E-state index contributed by atoms with van der Waals surface area (Å²) in [7, 11) is 0. The SMILES string of the molecule is CCCCCCCC/C=C\CCCCCCCCC[C@H]1CCN(CC)C1. The standard InChI is InChI=1S/C25H49N/c1-3-5-6-7-8-9-10-11-12-13-14-15-16-17-18-19-20-21-25-22-23-26(4-2)24-25/h11-12,25H,3-10,13-24H2,1-2H3/b12-11-/t25-/m0/s1. The second kappa shape index (κ2) is 18.1. The first-order valence-corrected chi connectivity index (χ1v) is 12.2. The van der Waals surface area contributed by atoms with Crippen molar-refractivity contribution >= 4 is 0 Å². The van der Waals surface area contributed by atoms with Gasteiger partial charge in [0.05, 0.1) is 0 Å². The Labute approximate surface area is 166 Å². The Balaban J connectivity index is 1.72. The Hall–Kier alpha value is -0.300. The molecule has 1 heterocycles. The quantitative estimate of drug-likeness (QED) is 0.175. The van der Waals surface area contributed by atoms with Crippen LogP contribution >= 0.6 is 0 Å². The molecule has 1 saturated heterocycles. The number of unbranched alkanes of at least 4 members (excludes halogenated alkanes) is 13. The van der Waals surface area contributed by atoms with Crippen LogP contribution in [0.3, 0.4) is 0 Å². The highest BCUT2D eigenvalue weighted by molar-refractivity contribution is 4.81. The van der Waals surface area contributed by atoms with E-state index in [1.807, 2.05) is 0 Å². The molecule has 1 aliphatic rings. The third-order valence-electron chi connectivity index (χ3n) is 6.19. The summed E-state index contributed by atoms with van der Waals surface area (Å²) in [6.07, 6.45) is 29.1. The number of hydrogen-bond donors (Lipinski definition) is 0. The molecule has 0 amide bonds. The average Bonchev–Trinajstić information content (AvgIpc) is 3.12. The van der Waals surface area contributed by atoms with Crippen molar-refractivity contribution < 1.29 is 0 Å². The molecule has 0 bridgehead atoms. The fraction of sp³-hybridized carbons (Fsp3) is 0.920. The van der Waals surface area contributed by atoms with Crippen molar-refractivity contribution in [3.8, 4) is 0 Å². The van der Waals surface area contributed by atoms with Crippen molar-refractivity contribution in [1.29, 1.82) is 0 Å². The molecule has 0 unspecified atom stereocenters. The maximum Gasteiger partial charge on any atom is 0.00100 e. The first kappa shape index (κ1) is 23.7. The van der Waals surface area contributed by atoms with Gasteiger partial charge in [0.25, 0.3) is 0 Å². The lowest BCUT2D eigenvalue weighted by atomic mass is 9.99. The topological polar surface area (TPSA) is 3.24 Å². The van der Waals surface area contributed by atoms with E-state index in [0.29, 0.717) is 0 Å². The maximum absolute atomic E-state index is 2.62. The number of nitrogens with zero attached hydrogens (tertiary/aromatic N) is 1. The van der Waals surface area contributed by atoms with Gasteiger partial charge in [-0.3, -0.25) is 0 Å². The maximum atomic E-state index is 2.62. The van der Waals surface area contributed by atoms with Crippen LogP contribution in [0.15, 0.2) is 12.2 Å². The second-order valence-corrected chi connectivity index (χ2v) is 8.63. The summed E-state index contributed by atoms with van der Waals surface area (Å²) in [5, 5.41) is 0. The summed E-state index contributed by atoms with van der Waals surface area (Å²) in [4.78, 5) is 2.62. The molecule has 0 radical (unpaired) electrons. The number of hydrogen-bond acceptors (Lipinski definition) is 1. The van der Waals surface area contributed by atoms with Gasteiger partial charge in [0.15, 0.2) is 0 Å². The monoisotopic (exact) mass is 363 g/mol. The molecule has 0 aliphatic carbocycles. The molecule has 26 heavy (non-hydrogen) atoms. The first-order valence-electron chi connectivity index (χ1n) is 12.2. The second-order valence-electron chi connectivity index (χ2n) is 8.63. The van der Waals surface area contributed by atoms with Gasteiger partial charge in [-0.25, -0.2) is 0 Å². The zero-order chi connectivity index (χ0) is 18.7.